The van der Waals surface area contributed by atoms with Gasteiger partial charge in [0.2, 0.25) is 0 Å². The van der Waals surface area contributed by atoms with Crippen molar-refractivity contribution < 1.29 is 14.4 Å². The summed E-state index contributed by atoms with van der Waals surface area (Å²) < 4.78 is 0.570. The van der Waals surface area contributed by atoms with Crippen LogP contribution in [0, 0.1) is 0 Å². The van der Waals surface area contributed by atoms with Crippen LogP contribution < -0.4 is 0 Å². The van der Waals surface area contributed by atoms with Crippen LogP contribution in [0.5, 0.6) is 0 Å². The molecule has 0 spiro atoms. The number of carbonyl (C=O) groups excluding carboxylic acids is 1. The van der Waals surface area contributed by atoms with Crippen LogP contribution in [0.15, 0.2) is 12.2 Å². The van der Waals surface area contributed by atoms with Crippen LogP contribution in [-0.4, -0.2) is 49.2 Å². The quantitative estimate of drug-likeness (QED) is 0.544. The van der Waals surface area contributed by atoms with Gasteiger partial charge in [-0.3, -0.25) is 4.79 Å². The van der Waals surface area contributed by atoms with Crippen LogP contribution in [0.1, 0.15) is 6.92 Å². The largest absolute Gasteiger partial charge is 0.379 e. The smallest absolute Gasteiger partial charge is 0.192 e. The molecule has 0 bridgehead atoms. The van der Waals surface area contributed by atoms with E-state index < -0.39 is 6.10 Å². The van der Waals surface area contributed by atoms with Gasteiger partial charge in [0.15, 0.2) is 11.9 Å². The number of hydrogen-bond acceptors (Lipinski definition) is 2. The zero-order chi connectivity index (χ0) is 9.94. The average molecular weight is 209 g/mol. The second kappa shape index (κ2) is 5.37. The first-order valence-electron chi connectivity index (χ1n) is 3.92. The summed E-state index contributed by atoms with van der Waals surface area (Å²) in [4.78, 5) is 11.2. The molecule has 4 heteroatoms. The van der Waals surface area contributed by atoms with Gasteiger partial charge in [0, 0.05) is 0 Å². The number of carbonyl (C=O) groups is 1. The van der Waals surface area contributed by atoms with Gasteiger partial charge in [-0.2, -0.15) is 0 Å². The van der Waals surface area contributed by atoms with E-state index >= 15 is 0 Å². The van der Waals surface area contributed by atoms with Crippen molar-refractivity contribution in [3.8, 4) is 0 Å². The molecule has 1 atom stereocenters. The SMILES string of the molecule is C=C(C)C(=O)C(O)C[N+](C)(C)C.Cl. The molecule has 0 saturated heterocycles. The van der Waals surface area contributed by atoms with E-state index in [1.807, 2.05) is 21.1 Å². The summed E-state index contributed by atoms with van der Waals surface area (Å²) >= 11 is 0. The minimum Gasteiger partial charge on any atom is -0.379 e. The van der Waals surface area contributed by atoms with Gasteiger partial charge in [-0.05, 0) is 12.5 Å². The van der Waals surface area contributed by atoms with E-state index in [0.29, 0.717) is 16.6 Å². The van der Waals surface area contributed by atoms with Crippen molar-refractivity contribution >= 4 is 18.2 Å². The van der Waals surface area contributed by atoms with Crippen LogP contribution in [0.3, 0.4) is 0 Å². The third-order valence-corrected chi connectivity index (χ3v) is 1.44. The number of aliphatic hydroxyl groups excluding tert-OH is 1. The zero-order valence-corrected chi connectivity index (χ0v) is 9.52. The normalized spacial score (nSPS) is 13.0. The molecule has 0 rings (SSSR count). The molecule has 0 radical (unpaired) electrons. The number of nitrogens with zero attached hydrogens (tertiary/aromatic N) is 1. The summed E-state index contributed by atoms with van der Waals surface area (Å²) in [5, 5.41) is 9.40. The molecule has 0 saturated carbocycles. The topological polar surface area (TPSA) is 37.3 Å². The Bertz CT molecular complexity index is 196. The first kappa shape index (κ1) is 15.1. The Morgan fingerprint density at radius 3 is 2.08 bits per heavy atom. The lowest BCUT2D eigenvalue weighted by Crippen LogP contribution is -2.44. The van der Waals surface area contributed by atoms with Crippen molar-refractivity contribution in [3.63, 3.8) is 0 Å². The Hall–Kier alpha value is -0.380. The molecular formula is C9H19ClNO2+. The summed E-state index contributed by atoms with van der Waals surface area (Å²) in [6.07, 6.45) is -0.914. The van der Waals surface area contributed by atoms with Crippen molar-refractivity contribution in [3.05, 3.63) is 12.2 Å². The van der Waals surface area contributed by atoms with E-state index in [2.05, 4.69) is 6.58 Å². The van der Waals surface area contributed by atoms with Crippen LogP contribution >= 0.6 is 12.4 Å². The molecule has 0 aromatic carbocycles. The van der Waals surface area contributed by atoms with Crippen LogP contribution in [-0.2, 0) is 4.79 Å². The maximum atomic E-state index is 11.2. The summed E-state index contributed by atoms with van der Waals surface area (Å²) in [7, 11) is 5.78. The van der Waals surface area contributed by atoms with Gasteiger partial charge in [-0.25, -0.2) is 0 Å². The molecule has 0 aliphatic rings. The van der Waals surface area contributed by atoms with E-state index in [9.17, 15) is 9.90 Å². The summed E-state index contributed by atoms with van der Waals surface area (Å²) in [6, 6.07) is 0. The van der Waals surface area contributed by atoms with Gasteiger partial charge in [0.05, 0.1) is 21.1 Å². The van der Waals surface area contributed by atoms with E-state index in [1.165, 1.54) is 0 Å². The van der Waals surface area contributed by atoms with Crippen molar-refractivity contribution in [1.82, 2.24) is 0 Å². The molecule has 1 N–H and O–H groups in total. The van der Waals surface area contributed by atoms with Crippen LogP contribution in [0.2, 0.25) is 0 Å². The number of rotatable bonds is 4. The Balaban J connectivity index is 0. The van der Waals surface area contributed by atoms with Crippen molar-refractivity contribution in [2.24, 2.45) is 0 Å². The van der Waals surface area contributed by atoms with E-state index in [-0.39, 0.29) is 18.2 Å². The lowest BCUT2D eigenvalue weighted by atomic mass is 10.1. The molecular weight excluding hydrogens is 190 g/mol. The third-order valence-electron chi connectivity index (χ3n) is 1.44. The van der Waals surface area contributed by atoms with Crippen LogP contribution in [0.25, 0.3) is 0 Å². The molecule has 0 fully saturated rings. The maximum absolute atomic E-state index is 11.2. The Kier molecular flexibility index (Phi) is 6.24. The molecule has 3 nitrogen and oxygen atoms in total. The number of quaternary nitrogens is 1. The van der Waals surface area contributed by atoms with E-state index in [4.69, 9.17) is 0 Å². The third kappa shape index (κ3) is 6.75. The van der Waals surface area contributed by atoms with Crippen molar-refractivity contribution in [2.75, 3.05) is 27.7 Å². The highest BCUT2D eigenvalue weighted by Gasteiger charge is 2.22. The number of Topliss-reactive ketones (excluding diaryl/α,β-unsaturated/α-hetero) is 1. The second-order valence-electron chi connectivity index (χ2n) is 4.13. The number of halogens is 1. The number of aliphatic hydroxyl groups is 1. The minimum atomic E-state index is -0.914. The van der Waals surface area contributed by atoms with Gasteiger partial charge in [-0.15, -0.1) is 12.4 Å². The molecule has 1 unspecified atom stereocenters. The van der Waals surface area contributed by atoms with Gasteiger partial charge in [-0.1, -0.05) is 6.58 Å². The fourth-order valence-electron chi connectivity index (χ4n) is 0.886. The summed E-state index contributed by atoms with van der Waals surface area (Å²) in [5.74, 6) is -0.261. The Morgan fingerprint density at radius 1 is 1.46 bits per heavy atom. The monoisotopic (exact) mass is 208 g/mol. The molecule has 0 amide bonds. The van der Waals surface area contributed by atoms with Gasteiger partial charge >= 0.3 is 0 Å². The predicted molar refractivity (Wildman–Crippen MR) is 56.0 cm³/mol. The fraction of sp³-hybridized carbons (Fsp3) is 0.667. The summed E-state index contributed by atoms with van der Waals surface area (Å²) in [6.45, 7) is 5.52. The Morgan fingerprint density at radius 2 is 1.85 bits per heavy atom. The number of ketones is 1. The predicted octanol–water partition coefficient (Wildman–Crippen LogP) is 0.620. The van der Waals surface area contributed by atoms with Crippen molar-refractivity contribution in [2.45, 2.75) is 13.0 Å². The fourth-order valence-corrected chi connectivity index (χ4v) is 0.886. The highest BCUT2D eigenvalue weighted by Crippen LogP contribution is 2.01. The first-order chi connectivity index (χ1) is 5.24. The van der Waals surface area contributed by atoms with E-state index in [0.717, 1.165) is 0 Å². The lowest BCUT2D eigenvalue weighted by Gasteiger charge is -2.26. The number of likely N-dealkylation sites (N-methyl/N-ethyl adjacent to an activating group) is 1. The molecule has 78 valence electrons. The number of hydrogen-bond donors (Lipinski definition) is 1. The molecule has 0 aromatic heterocycles. The van der Waals surface area contributed by atoms with Crippen LogP contribution in [0.4, 0.5) is 0 Å². The molecule has 0 heterocycles. The zero-order valence-electron chi connectivity index (χ0n) is 8.70. The molecule has 0 aromatic rings. The van der Waals surface area contributed by atoms with Gasteiger partial charge in [0.1, 0.15) is 6.54 Å². The van der Waals surface area contributed by atoms with Crippen molar-refractivity contribution in [1.29, 1.82) is 0 Å². The van der Waals surface area contributed by atoms with Gasteiger partial charge < -0.3 is 9.59 Å². The summed E-state index contributed by atoms with van der Waals surface area (Å²) in [5.41, 5.74) is 0.413. The van der Waals surface area contributed by atoms with Gasteiger partial charge in [0.25, 0.3) is 0 Å². The molecule has 13 heavy (non-hydrogen) atoms. The average Bonchev–Trinajstić information content (AvgIpc) is 1.82. The second-order valence-corrected chi connectivity index (χ2v) is 4.13. The standard InChI is InChI=1S/C9H18NO2.ClH/c1-7(2)9(12)8(11)6-10(3,4)5;/h8,11H,1,6H2,2-5H3;1H/q+1;. The maximum Gasteiger partial charge on any atom is 0.192 e. The first-order valence-corrected chi connectivity index (χ1v) is 3.92. The minimum absolute atomic E-state index is 0. The van der Waals surface area contributed by atoms with E-state index in [1.54, 1.807) is 6.92 Å². The molecule has 0 aliphatic heterocycles. The highest BCUT2D eigenvalue weighted by molar-refractivity contribution is 5.97. The Labute approximate surface area is 86.0 Å². The highest BCUT2D eigenvalue weighted by atomic mass is 35.5. The molecule has 0 aliphatic carbocycles. The lowest BCUT2D eigenvalue weighted by molar-refractivity contribution is -0.872.